The van der Waals surface area contributed by atoms with E-state index in [2.05, 4.69) is 16.0 Å². The summed E-state index contributed by atoms with van der Waals surface area (Å²) >= 11 is 0. The second-order valence-electron chi connectivity index (χ2n) is 12.9. The van der Waals surface area contributed by atoms with E-state index in [0.717, 1.165) is 10.1 Å². The van der Waals surface area contributed by atoms with Gasteiger partial charge < -0.3 is 50.9 Å². The average molecular weight is 748 g/mol. The summed E-state index contributed by atoms with van der Waals surface area (Å²) in [6, 6.07) is 3.63. The maximum absolute atomic E-state index is 13.4. The lowest BCUT2D eigenvalue weighted by Gasteiger charge is -2.26. The molecule has 0 aliphatic carbocycles. The van der Waals surface area contributed by atoms with Gasteiger partial charge in [0.25, 0.3) is 0 Å². The highest BCUT2D eigenvalue weighted by Crippen LogP contribution is 2.28. The molecule has 1 aromatic carbocycles. The number of unbranched alkanes of at least 4 members (excludes halogenated alkanes) is 2. The zero-order valence-electron chi connectivity index (χ0n) is 29.8. The maximum Gasteiger partial charge on any atom is 0.328 e. The van der Waals surface area contributed by atoms with Crippen molar-refractivity contribution in [1.29, 1.82) is 0 Å². The molecule has 0 bridgehead atoms. The molecule has 17 nitrogen and oxygen atoms in total. The predicted octanol–water partition coefficient (Wildman–Crippen LogP) is 1.58. The molecule has 9 N–H and O–H groups in total. The fourth-order valence-corrected chi connectivity index (χ4v) is 5.56. The average Bonchev–Trinajstić information content (AvgIpc) is 3.55. The summed E-state index contributed by atoms with van der Waals surface area (Å²) in [7, 11) is 0. The number of aromatic hydroxyl groups is 1. The van der Waals surface area contributed by atoms with Gasteiger partial charge in [0.05, 0.1) is 19.1 Å². The van der Waals surface area contributed by atoms with Crippen molar-refractivity contribution in [2.24, 2.45) is 0 Å². The zero-order valence-corrected chi connectivity index (χ0v) is 29.8. The first kappa shape index (κ1) is 43.2. The number of phenolic OH excluding ortho intramolecular Hbond substituents is 1. The van der Waals surface area contributed by atoms with Crippen LogP contribution in [0.3, 0.4) is 0 Å². The Labute approximate surface area is 308 Å². The van der Waals surface area contributed by atoms with Gasteiger partial charge in [-0.3, -0.25) is 19.7 Å². The third-order valence-electron chi connectivity index (χ3n) is 8.47. The quantitative estimate of drug-likeness (QED) is 0.0285. The number of carbonyl (C=O) groups excluding carboxylic acids is 3. The Bertz CT molecular complexity index is 1420. The van der Waals surface area contributed by atoms with E-state index in [0.29, 0.717) is 44.1 Å². The summed E-state index contributed by atoms with van der Waals surface area (Å²) in [5.41, 5.74) is 0.444. The van der Waals surface area contributed by atoms with Crippen molar-refractivity contribution >= 4 is 23.8 Å². The van der Waals surface area contributed by atoms with E-state index >= 15 is 0 Å². The Kier molecular flexibility index (Phi) is 18.6. The van der Waals surface area contributed by atoms with Gasteiger partial charge in [-0.15, -0.1) is 0 Å². The van der Waals surface area contributed by atoms with Crippen LogP contribution in [0.2, 0.25) is 0 Å². The lowest BCUT2D eigenvalue weighted by Crippen LogP contribution is -2.51. The second-order valence-corrected chi connectivity index (χ2v) is 12.9. The number of ether oxygens (including phenoxy) is 2. The monoisotopic (exact) mass is 747 g/mol. The second kappa shape index (κ2) is 22.8. The van der Waals surface area contributed by atoms with E-state index in [9.17, 15) is 44.9 Å². The molecule has 7 unspecified atom stereocenters. The molecule has 3 rings (SSSR count). The molecular formula is C36H53N5O12. The summed E-state index contributed by atoms with van der Waals surface area (Å²) in [5.74, 6) is -2.77. The number of nitrogens with zero attached hydrogens (tertiary/aromatic N) is 2. The number of aliphatic hydroxyl groups is 2. The number of hydroxylamine groups is 4. The number of nitrogens with one attached hydrogen (secondary N) is 3. The Hall–Kier alpha value is -4.20. The first-order valence-electron chi connectivity index (χ1n) is 17.8. The fraction of sp³-hybridized carbons (Fsp3) is 0.556. The molecule has 0 spiro atoms. The van der Waals surface area contributed by atoms with Crippen molar-refractivity contribution < 1.29 is 59.5 Å². The number of para-hydroxylation sites is 1. The molecule has 2 amide bonds. The van der Waals surface area contributed by atoms with Crippen LogP contribution < -0.4 is 16.0 Å². The van der Waals surface area contributed by atoms with E-state index in [-0.39, 0.29) is 44.7 Å². The number of carboxylic acids is 1. The first-order valence-corrected chi connectivity index (χ1v) is 17.8. The number of hydrogen-bond donors (Lipinski definition) is 9. The molecule has 2 heterocycles. The third-order valence-corrected chi connectivity index (χ3v) is 8.47. The molecule has 53 heavy (non-hydrogen) atoms. The molecule has 0 aromatic heterocycles. The zero-order chi connectivity index (χ0) is 38.8. The van der Waals surface area contributed by atoms with Gasteiger partial charge >= 0.3 is 11.9 Å². The standard InChI is InChI=1S/C36H53N5O12/c1-24(22-30(43)37-26-15-10-13-21-41(51)35(26)48)53-36(49)27(38-33(47)28-23-52-34(39-28)25-14-8-9-17-29(25)42)16-11-12-20-40(50)31(44)18-6-4-2-3-5-7-19-32(45)46/h3,5-6,8-10,14-15,17-18,24,26-28,31,34-35,39,42,44,48,50-51H,2,4,7,11-13,16,19-23H2,1H3,(H,37,43)(H,38,47)(H,45,46)/b5-3+,18-6-. The molecule has 1 fully saturated rings. The molecule has 294 valence electrons. The molecule has 7 atom stereocenters. The summed E-state index contributed by atoms with van der Waals surface area (Å²) in [4.78, 5) is 49.9. The SMILES string of the molecule is CC(CC(=O)NC1C=CCCN(O)C1O)OC(=O)C(CCCCN(O)C(O)/C=C\CC/C=C/CCC(=O)O)NC(=O)C1COC(c2ccccc2O)N1. The van der Waals surface area contributed by atoms with Gasteiger partial charge in [0.15, 0.2) is 6.23 Å². The molecule has 2 aliphatic heterocycles. The van der Waals surface area contributed by atoms with E-state index < -0.39 is 66.7 Å². The van der Waals surface area contributed by atoms with Gasteiger partial charge in [0, 0.05) is 25.1 Å². The van der Waals surface area contributed by atoms with Gasteiger partial charge in [-0.1, -0.05) is 48.6 Å². The van der Waals surface area contributed by atoms with Crippen molar-refractivity contribution in [3.05, 3.63) is 66.3 Å². The van der Waals surface area contributed by atoms with Crippen molar-refractivity contribution in [2.75, 3.05) is 19.7 Å². The predicted molar refractivity (Wildman–Crippen MR) is 189 cm³/mol. The number of amides is 2. The van der Waals surface area contributed by atoms with Gasteiger partial charge in [-0.25, -0.2) is 4.79 Å². The van der Waals surface area contributed by atoms with Crippen LogP contribution in [0.5, 0.6) is 5.75 Å². The lowest BCUT2D eigenvalue weighted by molar-refractivity contribution is -0.199. The topological polar surface area (TPSA) is 251 Å². The van der Waals surface area contributed by atoms with Crippen molar-refractivity contribution in [3.63, 3.8) is 0 Å². The number of phenols is 1. The molecule has 1 saturated heterocycles. The van der Waals surface area contributed by atoms with Gasteiger partial charge in [0.1, 0.15) is 36.4 Å². The number of carboxylic acid groups (broad SMARTS) is 1. The minimum Gasteiger partial charge on any atom is -0.508 e. The Balaban J connectivity index is 1.53. The highest BCUT2D eigenvalue weighted by molar-refractivity contribution is 5.88. The van der Waals surface area contributed by atoms with Gasteiger partial charge in [0.2, 0.25) is 11.8 Å². The number of allylic oxidation sites excluding steroid dienone is 3. The smallest absolute Gasteiger partial charge is 0.328 e. The van der Waals surface area contributed by atoms with Crippen molar-refractivity contribution in [3.8, 4) is 5.75 Å². The van der Waals surface area contributed by atoms with Crippen LogP contribution in [-0.4, -0.2) is 121 Å². The van der Waals surface area contributed by atoms with E-state index in [4.69, 9.17) is 14.6 Å². The minimum absolute atomic E-state index is 0.00977. The summed E-state index contributed by atoms with van der Waals surface area (Å²) in [6.45, 7) is 1.70. The van der Waals surface area contributed by atoms with E-state index in [1.807, 2.05) is 6.08 Å². The van der Waals surface area contributed by atoms with Crippen LogP contribution in [0.1, 0.15) is 76.5 Å². The Morgan fingerprint density at radius 3 is 2.62 bits per heavy atom. The molecule has 1 aromatic rings. The van der Waals surface area contributed by atoms with Gasteiger partial charge in [-0.05, 0) is 64.0 Å². The molecule has 0 radical (unpaired) electrons. The summed E-state index contributed by atoms with van der Waals surface area (Å²) in [5, 5.41) is 69.3. The number of hydrogen-bond acceptors (Lipinski definition) is 14. The first-order chi connectivity index (χ1) is 25.3. The normalized spacial score (nSPS) is 22.5. The third kappa shape index (κ3) is 15.4. The highest BCUT2D eigenvalue weighted by atomic mass is 16.5. The maximum atomic E-state index is 13.4. The molecular weight excluding hydrogens is 694 g/mol. The largest absolute Gasteiger partial charge is 0.508 e. The van der Waals surface area contributed by atoms with Crippen LogP contribution >= 0.6 is 0 Å². The number of esters is 1. The van der Waals surface area contributed by atoms with Crippen LogP contribution in [-0.2, 0) is 28.7 Å². The van der Waals surface area contributed by atoms with Gasteiger partial charge in [-0.2, -0.15) is 10.1 Å². The Morgan fingerprint density at radius 2 is 1.87 bits per heavy atom. The number of carbonyl (C=O) groups is 4. The number of aliphatic carboxylic acids is 1. The lowest BCUT2D eigenvalue weighted by atomic mass is 10.1. The van der Waals surface area contributed by atoms with Crippen LogP contribution in [0.25, 0.3) is 0 Å². The van der Waals surface area contributed by atoms with Crippen LogP contribution in [0, 0.1) is 0 Å². The van der Waals surface area contributed by atoms with E-state index in [1.54, 1.807) is 42.5 Å². The number of benzene rings is 1. The van der Waals surface area contributed by atoms with Crippen molar-refractivity contribution in [1.82, 2.24) is 26.1 Å². The number of aliphatic hydroxyl groups excluding tert-OH is 2. The van der Waals surface area contributed by atoms with E-state index in [1.165, 1.54) is 19.1 Å². The summed E-state index contributed by atoms with van der Waals surface area (Å²) in [6.07, 6.45) is 8.39. The molecule has 2 aliphatic rings. The number of rotatable bonds is 21. The summed E-state index contributed by atoms with van der Waals surface area (Å²) < 4.78 is 11.2. The molecule has 0 saturated carbocycles. The highest BCUT2D eigenvalue weighted by Gasteiger charge is 2.35. The van der Waals surface area contributed by atoms with Crippen molar-refractivity contribution in [2.45, 2.75) is 108 Å². The molecule has 17 heteroatoms. The minimum atomic E-state index is -1.36. The Morgan fingerprint density at radius 1 is 1.13 bits per heavy atom. The fourth-order valence-electron chi connectivity index (χ4n) is 5.56. The van der Waals surface area contributed by atoms with Crippen LogP contribution in [0.4, 0.5) is 0 Å². The van der Waals surface area contributed by atoms with Crippen LogP contribution in [0.15, 0.2) is 60.7 Å².